The number of carboxylic acid groups (broad SMARTS) is 1. The van der Waals surface area contributed by atoms with Crippen molar-refractivity contribution in [2.45, 2.75) is 52.5 Å². The summed E-state index contributed by atoms with van der Waals surface area (Å²) in [7, 11) is 0. The Hall–Kier alpha value is -2.74. The Balaban J connectivity index is 1.80. The summed E-state index contributed by atoms with van der Waals surface area (Å²) < 4.78 is 0. The summed E-state index contributed by atoms with van der Waals surface area (Å²) in [5.41, 5.74) is 2.25. The highest BCUT2D eigenvalue weighted by Gasteiger charge is 2.36. The largest absolute Gasteiger partial charge is 0.481 e. The third kappa shape index (κ3) is 4.87. The van der Waals surface area contributed by atoms with Crippen LogP contribution in [-0.2, 0) is 22.6 Å². The molecule has 2 heterocycles. The van der Waals surface area contributed by atoms with Crippen LogP contribution in [0.15, 0.2) is 24.5 Å². The molecule has 2 aromatic rings. The predicted octanol–water partition coefficient (Wildman–Crippen LogP) is 3.77. The maximum Gasteiger partial charge on any atom is 0.307 e. The van der Waals surface area contributed by atoms with Crippen LogP contribution < -0.4 is 10.6 Å². The van der Waals surface area contributed by atoms with E-state index < -0.39 is 17.8 Å². The van der Waals surface area contributed by atoms with Gasteiger partial charge in [0.2, 0.25) is 5.91 Å². The van der Waals surface area contributed by atoms with Crippen molar-refractivity contribution in [2.24, 2.45) is 11.8 Å². The number of amides is 2. The highest BCUT2D eigenvalue weighted by molar-refractivity contribution is 7.16. The number of carboxylic acids is 1. The second kappa shape index (κ2) is 9.84. The molecule has 30 heavy (non-hydrogen) atoms. The summed E-state index contributed by atoms with van der Waals surface area (Å²) in [6.07, 6.45) is 6.75. The molecule has 0 aromatic carbocycles. The zero-order chi connectivity index (χ0) is 21.7. The number of carbonyl (C=O) groups excluding carboxylic acids is 2. The highest BCUT2D eigenvalue weighted by Crippen LogP contribution is 2.36. The molecule has 7 nitrogen and oxygen atoms in total. The van der Waals surface area contributed by atoms with E-state index in [-0.39, 0.29) is 11.8 Å². The number of aliphatic carboxylic acids is 1. The van der Waals surface area contributed by atoms with Crippen molar-refractivity contribution in [3.05, 3.63) is 46.1 Å². The van der Waals surface area contributed by atoms with Gasteiger partial charge in [0.05, 0.1) is 17.4 Å². The van der Waals surface area contributed by atoms with Crippen LogP contribution in [0.5, 0.6) is 0 Å². The van der Waals surface area contributed by atoms with Crippen molar-refractivity contribution in [2.75, 3.05) is 5.32 Å². The van der Waals surface area contributed by atoms with Crippen LogP contribution in [0.3, 0.4) is 0 Å². The molecule has 8 heteroatoms. The van der Waals surface area contributed by atoms with Crippen LogP contribution in [0.25, 0.3) is 0 Å². The number of nitrogens with zero attached hydrogens (tertiary/aromatic N) is 1. The minimum absolute atomic E-state index is 0.256. The summed E-state index contributed by atoms with van der Waals surface area (Å²) in [6, 6.07) is 3.69. The van der Waals surface area contributed by atoms with Gasteiger partial charge in [-0.25, -0.2) is 0 Å². The number of rotatable bonds is 7. The molecule has 0 spiro atoms. The number of anilines is 1. The molecule has 2 amide bonds. The standard InChI is InChI=1S/C22H27N3O4S/c1-3-15-13(2)30-21(18(15)20(27)24-12-14-7-6-10-23-11-14)25-19(26)16-8-4-5-9-17(16)22(28)29/h6-7,10-11,16-17H,3-5,8-9,12H2,1-2H3,(H,24,27)(H,25,26)(H,28,29)/t16-,17-/m1/s1. The molecule has 1 aliphatic rings. The molecule has 2 atom stereocenters. The first-order valence-corrected chi connectivity index (χ1v) is 11.1. The van der Waals surface area contributed by atoms with E-state index in [0.717, 1.165) is 28.8 Å². The summed E-state index contributed by atoms with van der Waals surface area (Å²) in [5, 5.41) is 15.8. The molecule has 160 valence electrons. The van der Waals surface area contributed by atoms with Crippen LogP contribution >= 0.6 is 11.3 Å². The Morgan fingerprint density at radius 3 is 2.60 bits per heavy atom. The average molecular weight is 430 g/mol. The molecular formula is C22H27N3O4S. The van der Waals surface area contributed by atoms with Gasteiger partial charge in [-0.2, -0.15) is 0 Å². The molecule has 3 N–H and O–H groups in total. The molecule has 0 aliphatic heterocycles. The Bertz CT molecular complexity index is 926. The average Bonchev–Trinajstić information content (AvgIpc) is 3.07. The quantitative estimate of drug-likeness (QED) is 0.621. The van der Waals surface area contributed by atoms with Crippen molar-refractivity contribution in [1.29, 1.82) is 0 Å². The Kier molecular flexibility index (Phi) is 7.20. The lowest BCUT2D eigenvalue weighted by atomic mass is 9.79. The van der Waals surface area contributed by atoms with E-state index in [1.807, 2.05) is 26.0 Å². The van der Waals surface area contributed by atoms with E-state index in [4.69, 9.17) is 0 Å². The fraction of sp³-hybridized carbons (Fsp3) is 0.455. The van der Waals surface area contributed by atoms with Crippen LogP contribution in [0.4, 0.5) is 5.00 Å². The van der Waals surface area contributed by atoms with Crippen molar-refractivity contribution < 1.29 is 19.5 Å². The third-order valence-corrected chi connectivity index (χ3v) is 6.69. The first kappa shape index (κ1) is 22.0. The third-order valence-electron chi connectivity index (χ3n) is 5.62. The van der Waals surface area contributed by atoms with Gasteiger partial charge in [-0.3, -0.25) is 19.4 Å². The van der Waals surface area contributed by atoms with E-state index in [2.05, 4.69) is 15.6 Å². The molecule has 3 rings (SSSR count). The van der Waals surface area contributed by atoms with Gasteiger partial charge in [0.25, 0.3) is 5.91 Å². The Labute approximate surface area is 179 Å². The molecule has 0 bridgehead atoms. The summed E-state index contributed by atoms with van der Waals surface area (Å²) in [4.78, 5) is 42.5. The van der Waals surface area contributed by atoms with Crippen LogP contribution in [-0.4, -0.2) is 27.9 Å². The smallest absolute Gasteiger partial charge is 0.307 e. The lowest BCUT2D eigenvalue weighted by Gasteiger charge is -2.27. The van der Waals surface area contributed by atoms with E-state index in [9.17, 15) is 19.5 Å². The van der Waals surface area contributed by atoms with Gasteiger partial charge in [-0.15, -0.1) is 11.3 Å². The number of carbonyl (C=O) groups is 3. The second-order valence-corrected chi connectivity index (χ2v) is 8.79. The van der Waals surface area contributed by atoms with Gasteiger partial charge in [0, 0.05) is 23.8 Å². The molecule has 1 aliphatic carbocycles. The number of aromatic nitrogens is 1. The minimum Gasteiger partial charge on any atom is -0.481 e. The lowest BCUT2D eigenvalue weighted by molar-refractivity contribution is -0.147. The lowest BCUT2D eigenvalue weighted by Crippen LogP contribution is -2.36. The minimum atomic E-state index is -0.930. The van der Waals surface area contributed by atoms with Crippen molar-refractivity contribution in [3.63, 3.8) is 0 Å². The monoisotopic (exact) mass is 429 g/mol. The van der Waals surface area contributed by atoms with Crippen molar-refractivity contribution >= 4 is 34.1 Å². The van der Waals surface area contributed by atoms with Gasteiger partial charge >= 0.3 is 5.97 Å². The number of pyridine rings is 1. The second-order valence-electron chi connectivity index (χ2n) is 7.56. The van der Waals surface area contributed by atoms with E-state index >= 15 is 0 Å². The maximum absolute atomic E-state index is 13.0. The predicted molar refractivity (Wildman–Crippen MR) is 116 cm³/mol. The first-order chi connectivity index (χ1) is 14.4. The van der Waals surface area contributed by atoms with Gasteiger partial charge in [0.1, 0.15) is 5.00 Å². The highest BCUT2D eigenvalue weighted by atomic mass is 32.1. The van der Waals surface area contributed by atoms with Crippen molar-refractivity contribution in [3.8, 4) is 0 Å². The van der Waals surface area contributed by atoms with E-state index in [1.165, 1.54) is 11.3 Å². The van der Waals surface area contributed by atoms with Gasteiger partial charge < -0.3 is 15.7 Å². The molecule has 0 unspecified atom stereocenters. The normalized spacial score (nSPS) is 18.6. The number of hydrogen-bond donors (Lipinski definition) is 3. The molecular weight excluding hydrogens is 402 g/mol. The summed E-state index contributed by atoms with van der Waals surface area (Å²) >= 11 is 1.36. The van der Waals surface area contributed by atoms with Crippen LogP contribution in [0.1, 0.15) is 59.0 Å². The Morgan fingerprint density at radius 1 is 1.23 bits per heavy atom. The number of aryl methyl sites for hydroxylation is 1. The van der Waals surface area contributed by atoms with Gasteiger partial charge in [-0.05, 0) is 43.4 Å². The maximum atomic E-state index is 13.0. The topological polar surface area (TPSA) is 108 Å². The first-order valence-electron chi connectivity index (χ1n) is 10.2. The molecule has 2 aromatic heterocycles. The van der Waals surface area contributed by atoms with E-state index in [1.54, 1.807) is 12.4 Å². The zero-order valence-electron chi connectivity index (χ0n) is 17.2. The number of nitrogens with one attached hydrogen (secondary N) is 2. The van der Waals surface area contributed by atoms with Gasteiger partial charge in [0.15, 0.2) is 0 Å². The molecule has 0 saturated heterocycles. The van der Waals surface area contributed by atoms with Crippen LogP contribution in [0.2, 0.25) is 0 Å². The van der Waals surface area contributed by atoms with Gasteiger partial charge in [-0.1, -0.05) is 25.8 Å². The Morgan fingerprint density at radius 2 is 1.97 bits per heavy atom. The summed E-state index contributed by atoms with van der Waals surface area (Å²) in [5.74, 6) is -2.75. The zero-order valence-corrected chi connectivity index (χ0v) is 18.1. The molecule has 1 fully saturated rings. The van der Waals surface area contributed by atoms with Crippen molar-refractivity contribution in [1.82, 2.24) is 10.3 Å². The molecule has 1 saturated carbocycles. The fourth-order valence-corrected chi connectivity index (χ4v) is 5.20. The van der Waals surface area contributed by atoms with E-state index in [0.29, 0.717) is 36.4 Å². The van der Waals surface area contributed by atoms with Crippen LogP contribution in [0, 0.1) is 18.8 Å². The summed E-state index contributed by atoms with van der Waals surface area (Å²) in [6.45, 7) is 4.24. The molecule has 0 radical (unpaired) electrons. The SMILES string of the molecule is CCc1c(C)sc(NC(=O)[C@@H]2CCCC[C@H]2C(=O)O)c1C(=O)NCc1cccnc1. The fourth-order valence-electron chi connectivity index (χ4n) is 4.05. The number of thiophene rings is 1. The number of hydrogen-bond acceptors (Lipinski definition) is 5.